The SMILES string of the molecule is CC[C@@H](C)N(Cc1ccncc1)C(=O)c1ccc(C#CC(C)(C)O)cc1. The van der Waals surface area contributed by atoms with Gasteiger partial charge in [0.1, 0.15) is 5.60 Å². The highest BCUT2D eigenvalue weighted by Gasteiger charge is 2.20. The van der Waals surface area contributed by atoms with E-state index in [0.29, 0.717) is 12.1 Å². The quantitative estimate of drug-likeness (QED) is 0.838. The largest absolute Gasteiger partial charge is 0.378 e. The van der Waals surface area contributed by atoms with Crippen molar-refractivity contribution in [2.75, 3.05) is 0 Å². The van der Waals surface area contributed by atoms with Gasteiger partial charge in [-0.05, 0) is 69.2 Å². The van der Waals surface area contributed by atoms with Crippen molar-refractivity contribution in [2.24, 2.45) is 0 Å². The number of hydrogen-bond acceptors (Lipinski definition) is 3. The van der Waals surface area contributed by atoms with Gasteiger partial charge in [-0.25, -0.2) is 0 Å². The highest BCUT2D eigenvalue weighted by Crippen LogP contribution is 2.16. The molecule has 1 atom stereocenters. The minimum absolute atomic E-state index is 0.00170. The maximum atomic E-state index is 13.0. The van der Waals surface area contributed by atoms with E-state index in [2.05, 4.69) is 30.7 Å². The van der Waals surface area contributed by atoms with Gasteiger partial charge in [0.05, 0.1) is 0 Å². The molecule has 0 radical (unpaired) electrons. The summed E-state index contributed by atoms with van der Waals surface area (Å²) in [7, 11) is 0. The van der Waals surface area contributed by atoms with E-state index in [1.165, 1.54) is 0 Å². The summed E-state index contributed by atoms with van der Waals surface area (Å²) in [4.78, 5) is 18.9. The smallest absolute Gasteiger partial charge is 0.254 e. The Morgan fingerprint density at radius 1 is 1.19 bits per heavy atom. The first kappa shape index (κ1) is 19.7. The van der Waals surface area contributed by atoms with Gasteiger partial charge in [0, 0.05) is 36.1 Å². The predicted molar refractivity (Wildman–Crippen MR) is 103 cm³/mol. The molecule has 1 N–H and O–H groups in total. The number of benzene rings is 1. The molecule has 136 valence electrons. The van der Waals surface area contributed by atoms with Crippen LogP contribution in [0.25, 0.3) is 0 Å². The maximum Gasteiger partial charge on any atom is 0.254 e. The summed E-state index contributed by atoms with van der Waals surface area (Å²) >= 11 is 0. The van der Waals surface area contributed by atoms with E-state index in [9.17, 15) is 9.90 Å². The van der Waals surface area contributed by atoms with Gasteiger partial charge in [0.25, 0.3) is 5.91 Å². The molecule has 0 fully saturated rings. The van der Waals surface area contributed by atoms with Crippen molar-refractivity contribution in [1.29, 1.82) is 0 Å². The number of rotatable bonds is 5. The molecular weight excluding hydrogens is 324 g/mol. The van der Waals surface area contributed by atoms with Crippen LogP contribution in [0.1, 0.15) is 55.6 Å². The van der Waals surface area contributed by atoms with Crippen LogP contribution in [-0.2, 0) is 6.54 Å². The van der Waals surface area contributed by atoms with Crippen molar-refractivity contribution in [3.63, 3.8) is 0 Å². The second-order valence-electron chi connectivity index (χ2n) is 6.93. The Hall–Kier alpha value is -2.64. The van der Waals surface area contributed by atoms with Gasteiger partial charge < -0.3 is 10.0 Å². The number of amides is 1. The molecule has 26 heavy (non-hydrogen) atoms. The average molecular weight is 350 g/mol. The van der Waals surface area contributed by atoms with Crippen molar-refractivity contribution in [3.8, 4) is 11.8 Å². The van der Waals surface area contributed by atoms with Crippen LogP contribution in [0, 0.1) is 11.8 Å². The molecule has 0 bridgehead atoms. The van der Waals surface area contributed by atoms with E-state index < -0.39 is 5.60 Å². The maximum absolute atomic E-state index is 13.0. The lowest BCUT2D eigenvalue weighted by Gasteiger charge is -2.29. The topological polar surface area (TPSA) is 53.4 Å². The molecular formula is C22H26N2O2. The van der Waals surface area contributed by atoms with Gasteiger partial charge in [-0.3, -0.25) is 9.78 Å². The number of aromatic nitrogens is 1. The zero-order valence-corrected chi connectivity index (χ0v) is 15.9. The first-order valence-electron chi connectivity index (χ1n) is 8.85. The second kappa shape index (κ2) is 8.64. The zero-order valence-electron chi connectivity index (χ0n) is 15.9. The minimum atomic E-state index is -1.04. The van der Waals surface area contributed by atoms with E-state index in [0.717, 1.165) is 17.5 Å². The molecule has 0 aliphatic carbocycles. The summed E-state index contributed by atoms with van der Waals surface area (Å²) in [6, 6.07) is 11.2. The summed E-state index contributed by atoms with van der Waals surface area (Å²) in [6.07, 6.45) is 4.36. The molecule has 0 aliphatic heterocycles. The van der Waals surface area contributed by atoms with Gasteiger partial charge >= 0.3 is 0 Å². The molecule has 2 rings (SSSR count). The minimum Gasteiger partial charge on any atom is -0.378 e. The van der Waals surface area contributed by atoms with Crippen LogP contribution in [0.5, 0.6) is 0 Å². The third-order valence-electron chi connectivity index (χ3n) is 4.13. The van der Waals surface area contributed by atoms with Crippen LogP contribution in [0.3, 0.4) is 0 Å². The van der Waals surface area contributed by atoms with E-state index >= 15 is 0 Å². The first-order chi connectivity index (χ1) is 12.3. The third kappa shape index (κ3) is 5.72. The van der Waals surface area contributed by atoms with E-state index in [1.807, 2.05) is 29.2 Å². The van der Waals surface area contributed by atoms with Gasteiger partial charge in [-0.15, -0.1) is 0 Å². The molecule has 1 aromatic carbocycles. The lowest BCUT2D eigenvalue weighted by molar-refractivity contribution is 0.0671. The van der Waals surface area contributed by atoms with E-state index in [1.54, 1.807) is 38.4 Å². The van der Waals surface area contributed by atoms with Crippen molar-refractivity contribution >= 4 is 5.91 Å². The van der Waals surface area contributed by atoms with Gasteiger partial charge in [0.15, 0.2) is 0 Å². The normalized spacial score (nSPS) is 12.0. The monoisotopic (exact) mass is 350 g/mol. The molecule has 0 aliphatic rings. The molecule has 1 amide bonds. The molecule has 4 heteroatoms. The van der Waals surface area contributed by atoms with Crippen molar-refractivity contribution in [1.82, 2.24) is 9.88 Å². The Balaban J connectivity index is 2.20. The Labute approximate surface area is 155 Å². The Bertz CT molecular complexity index is 781. The number of hydrogen-bond donors (Lipinski definition) is 1. The number of nitrogens with zero attached hydrogens (tertiary/aromatic N) is 2. The van der Waals surface area contributed by atoms with Crippen LogP contribution in [0.4, 0.5) is 0 Å². The van der Waals surface area contributed by atoms with Crippen LogP contribution >= 0.6 is 0 Å². The lowest BCUT2D eigenvalue weighted by atomic mass is 10.1. The van der Waals surface area contributed by atoms with Gasteiger partial charge in [-0.2, -0.15) is 0 Å². The summed E-state index contributed by atoms with van der Waals surface area (Å²) < 4.78 is 0. The number of aliphatic hydroxyl groups is 1. The summed E-state index contributed by atoms with van der Waals surface area (Å²) in [5.41, 5.74) is 1.43. The fourth-order valence-corrected chi connectivity index (χ4v) is 2.42. The Morgan fingerprint density at radius 2 is 1.81 bits per heavy atom. The second-order valence-corrected chi connectivity index (χ2v) is 6.93. The van der Waals surface area contributed by atoms with E-state index in [4.69, 9.17) is 0 Å². The third-order valence-corrected chi connectivity index (χ3v) is 4.13. The predicted octanol–water partition coefficient (Wildman–Crippen LogP) is 3.64. The molecule has 0 saturated heterocycles. The molecule has 0 saturated carbocycles. The molecule has 1 aromatic heterocycles. The van der Waals surface area contributed by atoms with Gasteiger partial charge in [-0.1, -0.05) is 18.8 Å². The Kier molecular flexibility index (Phi) is 6.54. The zero-order chi connectivity index (χ0) is 19.2. The number of carbonyl (C=O) groups excluding carboxylic acids is 1. The molecule has 1 heterocycles. The molecule has 4 nitrogen and oxygen atoms in total. The van der Waals surface area contributed by atoms with E-state index in [-0.39, 0.29) is 11.9 Å². The summed E-state index contributed by atoms with van der Waals surface area (Å²) in [5, 5.41) is 9.68. The molecule has 0 spiro atoms. The molecule has 2 aromatic rings. The fourth-order valence-electron chi connectivity index (χ4n) is 2.42. The van der Waals surface area contributed by atoms with Crippen molar-refractivity contribution < 1.29 is 9.90 Å². The summed E-state index contributed by atoms with van der Waals surface area (Å²) in [5.74, 6) is 5.69. The van der Waals surface area contributed by atoms with Gasteiger partial charge in [0.2, 0.25) is 0 Å². The Morgan fingerprint density at radius 3 is 2.35 bits per heavy atom. The van der Waals surface area contributed by atoms with Crippen molar-refractivity contribution in [3.05, 3.63) is 65.5 Å². The first-order valence-corrected chi connectivity index (χ1v) is 8.85. The van der Waals surface area contributed by atoms with Crippen LogP contribution in [0.2, 0.25) is 0 Å². The standard InChI is InChI=1S/C22H26N2O2/c1-5-17(2)24(16-19-11-14-23-15-12-19)21(25)20-8-6-18(7-9-20)10-13-22(3,4)26/h6-9,11-12,14-15,17,26H,5,16H2,1-4H3/t17-/m1/s1. The highest BCUT2D eigenvalue weighted by atomic mass is 16.3. The number of pyridine rings is 1. The highest BCUT2D eigenvalue weighted by molar-refractivity contribution is 5.94. The average Bonchev–Trinajstić information content (AvgIpc) is 2.64. The fraction of sp³-hybridized carbons (Fsp3) is 0.364. The summed E-state index contributed by atoms with van der Waals surface area (Å²) in [6.45, 7) is 7.97. The lowest BCUT2D eigenvalue weighted by Crippen LogP contribution is -2.37. The van der Waals surface area contributed by atoms with Crippen LogP contribution in [-0.4, -0.2) is 32.5 Å². The van der Waals surface area contributed by atoms with Crippen LogP contribution in [0.15, 0.2) is 48.8 Å². The van der Waals surface area contributed by atoms with Crippen LogP contribution < -0.4 is 0 Å². The molecule has 0 unspecified atom stereocenters. The van der Waals surface area contributed by atoms with Crippen molar-refractivity contribution in [2.45, 2.75) is 52.3 Å². The number of carbonyl (C=O) groups is 1.